The molecule has 2 unspecified atom stereocenters. The number of sulfonamides is 1. The van der Waals surface area contributed by atoms with Gasteiger partial charge in [0.15, 0.2) is 0 Å². The summed E-state index contributed by atoms with van der Waals surface area (Å²) in [7, 11) is -4.07. The van der Waals surface area contributed by atoms with Gasteiger partial charge in [-0.3, -0.25) is 0 Å². The smallest absolute Gasteiger partial charge is 0.407 e. The zero-order valence-corrected chi connectivity index (χ0v) is 15.0. The molecule has 0 aliphatic rings. The first-order chi connectivity index (χ1) is 11.3. The van der Waals surface area contributed by atoms with Crippen LogP contribution in [0.5, 0.6) is 0 Å². The van der Waals surface area contributed by atoms with Gasteiger partial charge in [0, 0.05) is 12.1 Å². The number of carbonyl (C=O) groups excluding carboxylic acids is 1. The zero-order chi connectivity index (χ0) is 19.4. The van der Waals surface area contributed by atoms with Crippen LogP contribution in [0.1, 0.15) is 38.9 Å². The first-order valence-corrected chi connectivity index (χ1v) is 9.01. The number of carbonyl (C=O) groups is 1. The Morgan fingerprint density at radius 3 is 2.44 bits per heavy atom. The SMILES string of the molecule is CC(C)(C)OC(=O)NCCC(O)C(O)c1ccc(S(N)(=O)=O)cc1F. The van der Waals surface area contributed by atoms with Gasteiger partial charge >= 0.3 is 6.09 Å². The van der Waals surface area contributed by atoms with Gasteiger partial charge in [-0.2, -0.15) is 0 Å². The van der Waals surface area contributed by atoms with E-state index in [0.717, 1.165) is 12.1 Å². The Kier molecular flexibility index (Phi) is 6.89. The number of nitrogens with two attached hydrogens (primary N) is 1. The zero-order valence-electron chi connectivity index (χ0n) is 14.2. The predicted octanol–water partition coefficient (Wildman–Crippen LogP) is 0.782. The Labute approximate surface area is 145 Å². The Hall–Kier alpha value is -1.75. The molecule has 0 radical (unpaired) electrons. The second-order valence-corrected chi connectivity index (χ2v) is 8.02. The van der Waals surface area contributed by atoms with Crippen LogP contribution in [0.15, 0.2) is 23.1 Å². The normalized spacial score (nSPS) is 14.7. The number of rotatable bonds is 6. The molecule has 2 atom stereocenters. The molecule has 0 fully saturated rings. The minimum atomic E-state index is -4.07. The van der Waals surface area contributed by atoms with E-state index in [1.54, 1.807) is 20.8 Å². The molecule has 8 nitrogen and oxygen atoms in total. The minimum Gasteiger partial charge on any atom is -0.444 e. The maximum Gasteiger partial charge on any atom is 0.407 e. The number of hydrogen-bond acceptors (Lipinski definition) is 6. The summed E-state index contributed by atoms with van der Waals surface area (Å²) in [6.07, 6.45) is -3.74. The van der Waals surface area contributed by atoms with E-state index in [2.05, 4.69) is 5.32 Å². The third-order valence-corrected chi connectivity index (χ3v) is 4.00. The Balaban J connectivity index is 2.65. The van der Waals surface area contributed by atoms with E-state index in [4.69, 9.17) is 9.88 Å². The Bertz CT molecular complexity index is 717. The number of alkyl carbamates (subject to hydrolysis) is 1. The summed E-state index contributed by atoms with van der Waals surface area (Å²) in [5.41, 5.74) is -0.951. The topological polar surface area (TPSA) is 139 Å². The van der Waals surface area contributed by atoms with E-state index in [0.29, 0.717) is 6.07 Å². The van der Waals surface area contributed by atoms with Crippen LogP contribution in [-0.2, 0) is 14.8 Å². The highest BCUT2D eigenvalue weighted by Crippen LogP contribution is 2.24. The Morgan fingerprint density at radius 2 is 1.96 bits per heavy atom. The molecule has 0 bridgehead atoms. The summed E-state index contributed by atoms with van der Waals surface area (Å²) >= 11 is 0. The molecule has 0 saturated carbocycles. The number of hydrogen-bond donors (Lipinski definition) is 4. The average molecular weight is 378 g/mol. The van der Waals surface area contributed by atoms with E-state index < -0.39 is 44.6 Å². The van der Waals surface area contributed by atoms with Gasteiger partial charge in [0.1, 0.15) is 17.5 Å². The van der Waals surface area contributed by atoms with Crippen molar-refractivity contribution < 1.29 is 32.6 Å². The lowest BCUT2D eigenvalue weighted by Gasteiger charge is -2.21. The van der Waals surface area contributed by atoms with Gasteiger partial charge in [-0.05, 0) is 39.3 Å². The molecule has 1 rings (SSSR count). The van der Waals surface area contributed by atoms with E-state index in [-0.39, 0.29) is 18.5 Å². The lowest BCUT2D eigenvalue weighted by Crippen LogP contribution is -2.34. The quantitative estimate of drug-likeness (QED) is 0.577. The molecule has 10 heteroatoms. The number of nitrogens with one attached hydrogen (secondary N) is 1. The molecule has 5 N–H and O–H groups in total. The van der Waals surface area contributed by atoms with E-state index in [1.165, 1.54) is 0 Å². The van der Waals surface area contributed by atoms with Gasteiger partial charge < -0.3 is 20.3 Å². The highest BCUT2D eigenvalue weighted by atomic mass is 32.2. The number of amides is 1. The second kappa shape index (κ2) is 8.09. The molecule has 25 heavy (non-hydrogen) atoms. The number of benzene rings is 1. The lowest BCUT2D eigenvalue weighted by molar-refractivity contribution is 0.0103. The van der Waals surface area contributed by atoms with E-state index in [9.17, 15) is 27.8 Å². The molecule has 1 amide bonds. The molecule has 0 aliphatic carbocycles. The summed E-state index contributed by atoms with van der Waals surface area (Å²) < 4.78 is 41.3. The molecular weight excluding hydrogens is 355 g/mol. The largest absolute Gasteiger partial charge is 0.444 e. The monoisotopic (exact) mass is 378 g/mol. The summed E-state index contributed by atoms with van der Waals surface area (Å²) in [4.78, 5) is 11.0. The van der Waals surface area contributed by atoms with Crippen molar-refractivity contribution in [2.75, 3.05) is 6.54 Å². The van der Waals surface area contributed by atoms with E-state index >= 15 is 0 Å². The van der Waals surface area contributed by atoms with Crippen LogP contribution >= 0.6 is 0 Å². The fourth-order valence-corrected chi connectivity index (χ4v) is 2.45. The number of halogens is 1. The maximum atomic E-state index is 13.9. The van der Waals surface area contributed by atoms with Crippen molar-refractivity contribution in [2.45, 2.75) is 49.9 Å². The van der Waals surface area contributed by atoms with Gasteiger partial charge in [-0.25, -0.2) is 22.7 Å². The number of aliphatic hydroxyl groups excluding tert-OH is 2. The lowest BCUT2D eigenvalue weighted by atomic mass is 10.0. The molecule has 0 saturated heterocycles. The summed E-state index contributed by atoms with van der Waals surface area (Å²) in [6, 6.07) is 2.73. The van der Waals surface area contributed by atoms with Crippen LogP contribution in [0.3, 0.4) is 0 Å². The summed E-state index contributed by atoms with van der Waals surface area (Å²) in [6.45, 7) is 5.07. The van der Waals surface area contributed by atoms with Gasteiger partial charge in [0.25, 0.3) is 0 Å². The maximum absolute atomic E-state index is 13.9. The van der Waals surface area contributed by atoms with Gasteiger partial charge in [0.05, 0.1) is 11.0 Å². The highest BCUT2D eigenvalue weighted by Gasteiger charge is 2.23. The van der Waals surface area contributed by atoms with Crippen LogP contribution in [0.25, 0.3) is 0 Å². The van der Waals surface area contributed by atoms with Crippen molar-refractivity contribution in [3.8, 4) is 0 Å². The van der Waals surface area contributed by atoms with Crippen LogP contribution in [-0.4, -0.2) is 43.0 Å². The Morgan fingerprint density at radius 1 is 1.36 bits per heavy atom. The molecule has 142 valence electrons. The fraction of sp³-hybridized carbons (Fsp3) is 0.533. The molecule has 0 aliphatic heterocycles. The fourth-order valence-electron chi connectivity index (χ4n) is 1.93. The average Bonchev–Trinajstić information content (AvgIpc) is 2.43. The first kappa shape index (κ1) is 21.3. The van der Waals surface area contributed by atoms with Crippen molar-refractivity contribution >= 4 is 16.1 Å². The summed E-state index contributed by atoms with van der Waals surface area (Å²) in [5.74, 6) is -1.02. The molecule has 1 aromatic carbocycles. The number of aliphatic hydroxyl groups is 2. The van der Waals surface area contributed by atoms with Gasteiger partial charge in [-0.15, -0.1) is 0 Å². The van der Waals surface area contributed by atoms with Crippen molar-refractivity contribution in [3.05, 3.63) is 29.6 Å². The van der Waals surface area contributed by atoms with Crippen LogP contribution in [0, 0.1) is 5.82 Å². The van der Waals surface area contributed by atoms with Gasteiger partial charge in [-0.1, -0.05) is 6.07 Å². The standard InChI is InChI=1S/C15H23FN2O6S/c1-15(2,3)24-14(21)18-7-6-12(19)13(20)10-5-4-9(8-11(10)16)25(17,22)23/h4-5,8,12-13,19-20H,6-7H2,1-3H3,(H,18,21)(H2,17,22,23). The highest BCUT2D eigenvalue weighted by molar-refractivity contribution is 7.89. The summed E-state index contributed by atoms with van der Waals surface area (Å²) in [5, 5.41) is 27.2. The van der Waals surface area contributed by atoms with Crippen LogP contribution < -0.4 is 10.5 Å². The number of ether oxygens (including phenoxy) is 1. The number of primary sulfonamides is 1. The van der Waals surface area contributed by atoms with Crippen LogP contribution in [0.4, 0.5) is 9.18 Å². The van der Waals surface area contributed by atoms with E-state index in [1.807, 2.05) is 0 Å². The molecule has 0 heterocycles. The first-order valence-electron chi connectivity index (χ1n) is 7.46. The van der Waals surface area contributed by atoms with Gasteiger partial charge in [0.2, 0.25) is 10.0 Å². The molecule has 0 aromatic heterocycles. The van der Waals surface area contributed by atoms with Crippen molar-refractivity contribution in [1.29, 1.82) is 0 Å². The predicted molar refractivity (Wildman–Crippen MR) is 87.6 cm³/mol. The third kappa shape index (κ3) is 6.94. The minimum absolute atomic E-state index is 0.00990. The van der Waals surface area contributed by atoms with Crippen molar-refractivity contribution in [3.63, 3.8) is 0 Å². The molecule has 1 aromatic rings. The van der Waals surface area contributed by atoms with Crippen molar-refractivity contribution in [2.24, 2.45) is 5.14 Å². The second-order valence-electron chi connectivity index (χ2n) is 6.46. The van der Waals surface area contributed by atoms with Crippen LogP contribution in [0.2, 0.25) is 0 Å². The molecule has 0 spiro atoms. The molecular formula is C15H23FN2O6S. The van der Waals surface area contributed by atoms with Crippen molar-refractivity contribution in [1.82, 2.24) is 5.32 Å². The third-order valence-electron chi connectivity index (χ3n) is 3.09.